The van der Waals surface area contributed by atoms with Crippen LogP contribution in [-0.2, 0) is 0 Å². The molecule has 0 aliphatic heterocycles. The summed E-state index contributed by atoms with van der Waals surface area (Å²) in [6.45, 7) is 3.92. The summed E-state index contributed by atoms with van der Waals surface area (Å²) in [6, 6.07) is 37.5. The monoisotopic (exact) mass is 423 g/mol. The molecule has 2 heterocycles. The van der Waals surface area contributed by atoms with E-state index in [4.69, 9.17) is 9.97 Å². The van der Waals surface area contributed by atoms with E-state index in [1.807, 2.05) is 36.4 Å². The number of nitrogens with zero attached hydrogens (tertiary/aromatic N) is 3. The largest absolute Gasteiger partial charge is 0.278 e. The first-order valence-electron chi connectivity index (χ1n) is 11.0. The SMILES string of the molecule is C=Cc1cccc(-c2cc(-c3ccccc3)nc(-n3c4ccccc4c4ccccc43)n2)c1. The van der Waals surface area contributed by atoms with Crippen molar-refractivity contribution in [2.45, 2.75) is 0 Å². The van der Waals surface area contributed by atoms with Crippen LogP contribution in [0.3, 0.4) is 0 Å². The molecule has 0 fully saturated rings. The summed E-state index contributed by atoms with van der Waals surface area (Å²) in [7, 11) is 0. The van der Waals surface area contributed by atoms with E-state index in [0.29, 0.717) is 5.95 Å². The summed E-state index contributed by atoms with van der Waals surface area (Å²) in [5.74, 6) is 0.660. The molecule has 0 aliphatic carbocycles. The van der Waals surface area contributed by atoms with Crippen molar-refractivity contribution in [3.05, 3.63) is 121 Å². The third-order valence-electron chi connectivity index (χ3n) is 5.98. The van der Waals surface area contributed by atoms with Gasteiger partial charge in [-0.3, -0.25) is 4.57 Å². The minimum absolute atomic E-state index is 0.660. The Bertz CT molecular complexity index is 1570. The molecule has 0 unspecified atom stereocenters. The molecule has 0 atom stereocenters. The van der Waals surface area contributed by atoms with Gasteiger partial charge in [-0.25, -0.2) is 9.97 Å². The summed E-state index contributed by atoms with van der Waals surface area (Å²) in [4.78, 5) is 10.1. The molecule has 156 valence electrons. The van der Waals surface area contributed by atoms with E-state index in [1.54, 1.807) is 0 Å². The van der Waals surface area contributed by atoms with Crippen LogP contribution in [0.25, 0.3) is 56.3 Å². The highest BCUT2D eigenvalue weighted by Crippen LogP contribution is 2.32. The second-order valence-corrected chi connectivity index (χ2v) is 8.00. The maximum absolute atomic E-state index is 5.06. The maximum atomic E-state index is 5.06. The third-order valence-corrected chi connectivity index (χ3v) is 5.98. The fraction of sp³-hybridized carbons (Fsp3) is 0. The zero-order valence-electron chi connectivity index (χ0n) is 18.0. The maximum Gasteiger partial charge on any atom is 0.235 e. The smallest absolute Gasteiger partial charge is 0.235 e. The minimum atomic E-state index is 0.660. The molecular formula is C30H21N3. The number of hydrogen-bond acceptors (Lipinski definition) is 2. The number of para-hydroxylation sites is 2. The molecule has 0 aliphatic rings. The van der Waals surface area contributed by atoms with Crippen molar-refractivity contribution < 1.29 is 0 Å². The highest BCUT2D eigenvalue weighted by atomic mass is 15.2. The molecular weight excluding hydrogens is 402 g/mol. The van der Waals surface area contributed by atoms with Gasteiger partial charge in [0.25, 0.3) is 0 Å². The molecule has 2 aromatic heterocycles. The van der Waals surface area contributed by atoms with Gasteiger partial charge in [-0.1, -0.05) is 97.6 Å². The van der Waals surface area contributed by atoms with Crippen LogP contribution in [0.4, 0.5) is 0 Å². The Morgan fingerprint density at radius 2 is 1.15 bits per heavy atom. The fourth-order valence-corrected chi connectivity index (χ4v) is 4.40. The Morgan fingerprint density at radius 3 is 1.82 bits per heavy atom. The van der Waals surface area contributed by atoms with Crippen molar-refractivity contribution in [1.29, 1.82) is 0 Å². The van der Waals surface area contributed by atoms with Gasteiger partial charge < -0.3 is 0 Å². The summed E-state index contributed by atoms with van der Waals surface area (Å²) >= 11 is 0. The summed E-state index contributed by atoms with van der Waals surface area (Å²) in [6.07, 6.45) is 1.86. The second-order valence-electron chi connectivity index (χ2n) is 8.00. The van der Waals surface area contributed by atoms with Crippen molar-refractivity contribution in [2.24, 2.45) is 0 Å². The van der Waals surface area contributed by atoms with Crippen LogP contribution in [0.1, 0.15) is 5.56 Å². The molecule has 3 heteroatoms. The first kappa shape index (κ1) is 19.2. The topological polar surface area (TPSA) is 30.7 Å². The van der Waals surface area contributed by atoms with Gasteiger partial charge in [0, 0.05) is 21.9 Å². The molecule has 6 aromatic rings. The van der Waals surface area contributed by atoms with E-state index < -0.39 is 0 Å². The lowest BCUT2D eigenvalue weighted by atomic mass is 10.1. The Kier molecular flexibility index (Phi) is 4.59. The van der Waals surface area contributed by atoms with E-state index >= 15 is 0 Å². The van der Waals surface area contributed by atoms with Crippen LogP contribution >= 0.6 is 0 Å². The van der Waals surface area contributed by atoms with E-state index in [2.05, 4.69) is 90.0 Å². The van der Waals surface area contributed by atoms with Gasteiger partial charge in [-0.2, -0.15) is 0 Å². The Balaban J connectivity index is 1.68. The molecule has 4 aromatic carbocycles. The quantitative estimate of drug-likeness (QED) is 0.293. The standard InChI is InChI=1S/C30H21N3/c1-2-21-11-10-14-23(19-21)27-20-26(22-12-4-3-5-13-22)31-30(32-27)33-28-17-8-6-15-24(28)25-16-7-9-18-29(25)33/h2-20H,1H2. The fourth-order valence-electron chi connectivity index (χ4n) is 4.40. The number of hydrogen-bond donors (Lipinski definition) is 0. The number of rotatable bonds is 4. The molecule has 0 radical (unpaired) electrons. The lowest BCUT2D eigenvalue weighted by molar-refractivity contribution is 0.995. The zero-order chi connectivity index (χ0) is 22.2. The normalized spacial score (nSPS) is 11.2. The van der Waals surface area contributed by atoms with Gasteiger partial charge >= 0.3 is 0 Å². The van der Waals surface area contributed by atoms with E-state index in [-0.39, 0.29) is 0 Å². The van der Waals surface area contributed by atoms with E-state index in [1.165, 1.54) is 10.8 Å². The molecule has 0 spiro atoms. The average Bonchev–Trinajstić information content (AvgIpc) is 3.23. The molecule has 33 heavy (non-hydrogen) atoms. The number of benzene rings is 4. The lowest BCUT2D eigenvalue weighted by Crippen LogP contribution is -2.04. The summed E-state index contributed by atoms with van der Waals surface area (Å²) in [5.41, 5.74) is 7.11. The van der Waals surface area contributed by atoms with Crippen molar-refractivity contribution in [1.82, 2.24) is 14.5 Å². The van der Waals surface area contributed by atoms with Crippen molar-refractivity contribution in [3.8, 4) is 28.5 Å². The summed E-state index contributed by atoms with van der Waals surface area (Å²) < 4.78 is 2.16. The van der Waals surface area contributed by atoms with Crippen LogP contribution < -0.4 is 0 Å². The highest BCUT2D eigenvalue weighted by Gasteiger charge is 2.16. The van der Waals surface area contributed by atoms with Crippen molar-refractivity contribution >= 4 is 27.9 Å². The molecule has 0 saturated carbocycles. The predicted molar refractivity (Wildman–Crippen MR) is 137 cm³/mol. The van der Waals surface area contributed by atoms with Gasteiger partial charge in [-0.15, -0.1) is 0 Å². The van der Waals surface area contributed by atoms with Crippen molar-refractivity contribution in [2.75, 3.05) is 0 Å². The first-order chi connectivity index (χ1) is 16.3. The van der Waals surface area contributed by atoms with Crippen LogP contribution in [0.2, 0.25) is 0 Å². The molecule has 0 bridgehead atoms. The molecule has 0 amide bonds. The van der Waals surface area contributed by atoms with Gasteiger partial charge in [0.2, 0.25) is 5.95 Å². The Hall–Kier alpha value is -4.50. The lowest BCUT2D eigenvalue weighted by Gasteiger charge is -2.12. The number of fused-ring (bicyclic) bond motifs is 3. The zero-order valence-corrected chi connectivity index (χ0v) is 18.0. The molecule has 0 N–H and O–H groups in total. The Morgan fingerprint density at radius 1 is 0.576 bits per heavy atom. The highest BCUT2D eigenvalue weighted by molar-refractivity contribution is 6.09. The van der Waals surface area contributed by atoms with Crippen molar-refractivity contribution in [3.63, 3.8) is 0 Å². The average molecular weight is 424 g/mol. The van der Waals surface area contributed by atoms with E-state index in [9.17, 15) is 0 Å². The third kappa shape index (κ3) is 3.31. The minimum Gasteiger partial charge on any atom is -0.278 e. The first-order valence-corrected chi connectivity index (χ1v) is 11.0. The van der Waals surface area contributed by atoms with Gasteiger partial charge in [0.15, 0.2) is 0 Å². The van der Waals surface area contributed by atoms with Gasteiger partial charge in [-0.05, 0) is 29.8 Å². The van der Waals surface area contributed by atoms with Gasteiger partial charge in [0.05, 0.1) is 22.4 Å². The van der Waals surface area contributed by atoms with Crippen LogP contribution in [0.5, 0.6) is 0 Å². The van der Waals surface area contributed by atoms with Crippen LogP contribution in [0, 0.1) is 0 Å². The van der Waals surface area contributed by atoms with Crippen LogP contribution in [0.15, 0.2) is 116 Å². The predicted octanol–water partition coefficient (Wildman–Crippen LogP) is 7.55. The molecule has 6 rings (SSSR count). The van der Waals surface area contributed by atoms with E-state index in [0.717, 1.165) is 39.1 Å². The van der Waals surface area contributed by atoms with Crippen LogP contribution in [-0.4, -0.2) is 14.5 Å². The molecule has 0 saturated heterocycles. The van der Waals surface area contributed by atoms with Gasteiger partial charge in [0.1, 0.15) is 0 Å². The summed E-state index contributed by atoms with van der Waals surface area (Å²) in [5, 5.41) is 2.38. The Labute approximate surface area is 192 Å². The molecule has 3 nitrogen and oxygen atoms in total. The second kappa shape index (κ2) is 7.88. The number of aromatic nitrogens is 3.